The Bertz CT molecular complexity index is 1070. The number of benzene rings is 2. The second kappa shape index (κ2) is 11.2. The lowest BCUT2D eigenvalue weighted by molar-refractivity contribution is -0.134. The van der Waals surface area contributed by atoms with Crippen LogP contribution < -0.4 is 9.47 Å². The first-order valence-electron chi connectivity index (χ1n) is 11.8. The number of rotatable bonds is 7. The monoisotopic (exact) mass is 480 g/mol. The molecule has 4 rings (SSSR count). The standard InChI is InChI=1S/C26H32N4O5/c1-4-35-26(32)29-14-12-28(13-15-29)18-25(31)30-23(19-8-6-5-7-9-19)17-22(27-30)21-11-10-20(33-2)16-24(21)34-3/h5-11,16,23H,4,12-15,17-18H2,1-3H3/t23-/m1/s1. The van der Waals surface area contributed by atoms with E-state index in [0.717, 1.165) is 16.8 Å². The van der Waals surface area contributed by atoms with Crippen molar-refractivity contribution >= 4 is 17.7 Å². The van der Waals surface area contributed by atoms with Crippen LogP contribution in [0.5, 0.6) is 11.5 Å². The molecule has 2 aromatic carbocycles. The van der Waals surface area contributed by atoms with E-state index in [-0.39, 0.29) is 24.6 Å². The van der Waals surface area contributed by atoms with Crippen LogP contribution in [-0.4, -0.2) is 86.1 Å². The van der Waals surface area contributed by atoms with E-state index in [1.807, 2.05) is 48.5 Å². The molecule has 0 N–H and O–H groups in total. The van der Waals surface area contributed by atoms with Crippen molar-refractivity contribution in [3.05, 3.63) is 59.7 Å². The van der Waals surface area contributed by atoms with Crippen molar-refractivity contribution in [2.75, 3.05) is 53.6 Å². The summed E-state index contributed by atoms with van der Waals surface area (Å²) in [7, 11) is 3.22. The van der Waals surface area contributed by atoms with Gasteiger partial charge in [-0.3, -0.25) is 9.69 Å². The minimum atomic E-state index is -0.301. The van der Waals surface area contributed by atoms with Crippen LogP contribution in [0, 0.1) is 0 Å². The summed E-state index contributed by atoms with van der Waals surface area (Å²) >= 11 is 0. The maximum atomic E-state index is 13.5. The van der Waals surface area contributed by atoms with Crippen LogP contribution in [0.25, 0.3) is 0 Å². The second-order valence-corrected chi connectivity index (χ2v) is 8.44. The molecule has 0 aliphatic carbocycles. The van der Waals surface area contributed by atoms with Gasteiger partial charge in [-0.1, -0.05) is 30.3 Å². The van der Waals surface area contributed by atoms with Crippen molar-refractivity contribution in [1.29, 1.82) is 0 Å². The lowest BCUT2D eigenvalue weighted by Crippen LogP contribution is -2.51. The topological polar surface area (TPSA) is 83.9 Å². The Morgan fingerprint density at radius 1 is 1.00 bits per heavy atom. The zero-order chi connectivity index (χ0) is 24.8. The molecule has 35 heavy (non-hydrogen) atoms. The predicted molar refractivity (Wildman–Crippen MR) is 132 cm³/mol. The van der Waals surface area contributed by atoms with Gasteiger partial charge in [-0.25, -0.2) is 9.80 Å². The molecule has 1 fully saturated rings. The average Bonchev–Trinajstić information content (AvgIpc) is 3.35. The van der Waals surface area contributed by atoms with Gasteiger partial charge < -0.3 is 19.1 Å². The number of carbonyl (C=O) groups excluding carboxylic acids is 2. The minimum absolute atomic E-state index is 0.0779. The fraction of sp³-hybridized carbons (Fsp3) is 0.423. The summed E-state index contributed by atoms with van der Waals surface area (Å²) in [4.78, 5) is 29.2. The number of hydrogen-bond acceptors (Lipinski definition) is 7. The van der Waals surface area contributed by atoms with Crippen molar-refractivity contribution in [3.63, 3.8) is 0 Å². The molecule has 2 amide bonds. The molecule has 2 heterocycles. The lowest BCUT2D eigenvalue weighted by atomic mass is 9.98. The fourth-order valence-corrected chi connectivity index (χ4v) is 4.44. The number of carbonyl (C=O) groups is 2. The van der Waals surface area contributed by atoms with Gasteiger partial charge in [-0.2, -0.15) is 5.10 Å². The van der Waals surface area contributed by atoms with Crippen molar-refractivity contribution in [3.8, 4) is 11.5 Å². The van der Waals surface area contributed by atoms with Gasteiger partial charge in [-0.05, 0) is 24.6 Å². The molecule has 186 valence electrons. The predicted octanol–water partition coefficient (Wildman–Crippen LogP) is 3.16. The van der Waals surface area contributed by atoms with Crippen LogP contribution in [0.3, 0.4) is 0 Å². The molecular weight excluding hydrogens is 448 g/mol. The Hall–Kier alpha value is -3.59. The molecule has 1 atom stereocenters. The molecule has 1 saturated heterocycles. The normalized spacial score (nSPS) is 18.3. The number of methoxy groups -OCH3 is 2. The molecule has 2 aliphatic rings. The van der Waals surface area contributed by atoms with E-state index in [9.17, 15) is 9.59 Å². The number of hydrogen-bond donors (Lipinski definition) is 0. The van der Waals surface area contributed by atoms with E-state index in [4.69, 9.17) is 19.3 Å². The highest BCUT2D eigenvalue weighted by Crippen LogP contribution is 2.36. The molecule has 0 unspecified atom stereocenters. The van der Waals surface area contributed by atoms with E-state index in [1.54, 1.807) is 31.1 Å². The van der Waals surface area contributed by atoms with Gasteiger partial charge in [0.1, 0.15) is 11.5 Å². The number of ether oxygens (including phenoxy) is 3. The van der Waals surface area contributed by atoms with Crippen LogP contribution in [0.4, 0.5) is 4.79 Å². The van der Waals surface area contributed by atoms with E-state index in [2.05, 4.69) is 4.90 Å². The molecular formula is C26H32N4O5. The van der Waals surface area contributed by atoms with Gasteiger partial charge in [0.05, 0.1) is 39.1 Å². The quantitative estimate of drug-likeness (QED) is 0.605. The Balaban J connectivity index is 1.52. The van der Waals surface area contributed by atoms with Gasteiger partial charge in [0, 0.05) is 44.2 Å². The number of hydrazone groups is 1. The maximum absolute atomic E-state index is 13.5. The maximum Gasteiger partial charge on any atom is 0.409 e. The minimum Gasteiger partial charge on any atom is -0.497 e. The van der Waals surface area contributed by atoms with Crippen LogP contribution in [0.15, 0.2) is 53.6 Å². The first-order chi connectivity index (χ1) is 17.0. The molecule has 0 radical (unpaired) electrons. The second-order valence-electron chi connectivity index (χ2n) is 8.44. The summed E-state index contributed by atoms with van der Waals surface area (Å²) in [6, 6.07) is 15.3. The highest BCUT2D eigenvalue weighted by molar-refractivity contribution is 6.05. The SMILES string of the molecule is CCOC(=O)N1CCN(CC(=O)N2N=C(c3ccc(OC)cc3OC)C[C@@H]2c2ccccc2)CC1. The third kappa shape index (κ3) is 5.57. The van der Waals surface area contributed by atoms with E-state index in [1.165, 1.54) is 0 Å². The molecule has 2 aliphatic heterocycles. The third-order valence-corrected chi connectivity index (χ3v) is 6.33. The first-order valence-corrected chi connectivity index (χ1v) is 11.8. The Labute approximate surface area is 205 Å². The molecule has 9 heteroatoms. The lowest BCUT2D eigenvalue weighted by Gasteiger charge is -2.34. The summed E-state index contributed by atoms with van der Waals surface area (Å²) in [5.41, 5.74) is 2.66. The summed E-state index contributed by atoms with van der Waals surface area (Å²) in [6.07, 6.45) is 0.277. The number of amides is 2. The van der Waals surface area contributed by atoms with Crippen molar-refractivity contribution in [1.82, 2.24) is 14.8 Å². The average molecular weight is 481 g/mol. The smallest absolute Gasteiger partial charge is 0.409 e. The molecule has 2 aromatic rings. The largest absolute Gasteiger partial charge is 0.497 e. The van der Waals surface area contributed by atoms with Gasteiger partial charge in [0.15, 0.2) is 0 Å². The van der Waals surface area contributed by atoms with E-state index < -0.39 is 0 Å². The summed E-state index contributed by atoms with van der Waals surface area (Å²) in [5.74, 6) is 1.27. The number of piperazine rings is 1. The van der Waals surface area contributed by atoms with Crippen LogP contribution >= 0.6 is 0 Å². The third-order valence-electron chi connectivity index (χ3n) is 6.33. The van der Waals surface area contributed by atoms with Crippen LogP contribution in [-0.2, 0) is 9.53 Å². The van der Waals surface area contributed by atoms with Gasteiger partial charge in [-0.15, -0.1) is 0 Å². The summed E-state index contributed by atoms with van der Waals surface area (Å²) in [6.45, 7) is 4.66. The highest BCUT2D eigenvalue weighted by atomic mass is 16.6. The molecule has 0 saturated carbocycles. The van der Waals surface area contributed by atoms with Gasteiger partial charge >= 0.3 is 6.09 Å². The Morgan fingerprint density at radius 3 is 2.40 bits per heavy atom. The summed E-state index contributed by atoms with van der Waals surface area (Å²) in [5, 5.41) is 6.38. The van der Waals surface area contributed by atoms with Crippen molar-refractivity contribution < 1.29 is 23.8 Å². The Morgan fingerprint density at radius 2 is 1.74 bits per heavy atom. The molecule has 0 spiro atoms. The van der Waals surface area contributed by atoms with E-state index >= 15 is 0 Å². The Kier molecular flexibility index (Phi) is 7.87. The fourth-order valence-electron chi connectivity index (χ4n) is 4.44. The zero-order valence-corrected chi connectivity index (χ0v) is 20.5. The highest BCUT2D eigenvalue weighted by Gasteiger charge is 2.35. The van der Waals surface area contributed by atoms with Crippen molar-refractivity contribution in [2.24, 2.45) is 5.10 Å². The number of nitrogens with zero attached hydrogens (tertiary/aromatic N) is 4. The molecule has 9 nitrogen and oxygen atoms in total. The van der Waals surface area contributed by atoms with E-state index in [0.29, 0.717) is 50.7 Å². The zero-order valence-electron chi connectivity index (χ0n) is 20.5. The van der Waals surface area contributed by atoms with Gasteiger partial charge in [0.2, 0.25) is 0 Å². The van der Waals surface area contributed by atoms with Crippen molar-refractivity contribution in [2.45, 2.75) is 19.4 Å². The first kappa shape index (κ1) is 24.5. The summed E-state index contributed by atoms with van der Waals surface area (Å²) < 4.78 is 16.0. The van der Waals surface area contributed by atoms with Gasteiger partial charge in [0.25, 0.3) is 5.91 Å². The van der Waals surface area contributed by atoms with Crippen LogP contribution in [0.1, 0.15) is 30.5 Å². The van der Waals surface area contributed by atoms with Crippen LogP contribution in [0.2, 0.25) is 0 Å². The molecule has 0 bridgehead atoms. The molecule has 0 aromatic heterocycles.